The Balaban J connectivity index is 1.87. The predicted molar refractivity (Wildman–Crippen MR) is 82.6 cm³/mol. The number of amides is 1. The fraction of sp³-hybridized carbons (Fsp3) is 0.500. The summed E-state index contributed by atoms with van der Waals surface area (Å²) in [5.74, 6) is -0.859. The zero-order valence-electron chi connectivity index (χ0n) is 12.2. The van der Waals surface area contributed by atoms with Gasteiger partial charge in [0.25, 0.3) is 0 Å². The van der Waals surface area contributed by atoms with Gasteiger partial charge >= 0.3 is 5.97 Å². The van der Waals surface area contributed by atoms with E-state index in [1.807, 2.05) is 24.3 Å². The number of carbonyl (C=O) groups is 2. The van der Waals surface area contributed by atoms with Gasteiger partial charge in [-0.2, -0.15) is 0 Å². The van der Waals surface area contributed by atoms with E-state index in [4.69, 9.17) is 5.11 Å². The van der Waals surface area contributed by atoms with E-state index in [9.17, 15) is 9.59 Å². The van der Waals surface area contributed by atoms with Gasteiger partial charge in [0.05, 0.1) is 11.4 Å². The Kier molecular flexibility index (Phi) is 5.60. The van der Waals surface area contributed by atoms with Crippen LogP contribution in [0.15, 0.2) is 24.3 Å². The Bertz CT molecular complexity index is 496. The van der Waals surface area contributed by atoms with Crippen LogP contribution in [0.3, 0.4) is 0 Å². The third kappa shape index (κ3) is 4.77. The molecule has 21 heavy (non-hydrogen) atoms. The number of carbonyl (C=O) groups excluding carboxylic acids is 1. The quantitative estimate of drug-likeness (QED) is 0.758. The maximum absolute atomic E-state index is 11.9. The SMILES string of the molecule is O=C(O)CCCCC(=O)Nc1ccccc1N1CCCC1. The second-order valence-corrected chi connectivity index (χ2v) is 5.36. The molecule has 1 amide bonds. The third-order valence-electron chi connectivity index (χ3n) is 3.67. The van der Waals surface area contributed by atoms with E-state index >= 15 is 0 Å². The number of unbranched alkanes of at least 4 members (excludes halogenated alkanes) is 1. The van der Waals surface area contributed by atoms with Gasteiger partial charge in [0.15, 0.2) is 0 Å². The summed E-state index contributed by atoms with van der Waals surface area (Å²) in [6.07, 6.45) is 4.01. The maximum Gasteiger partial charge on any atom is 0.303 e. The number of aliphatic carboxylic acids is 1. The standard InChI is InChI=1S/C16H22N2O3/c19-15(9-3-4-10-16(20)21)17-13-7-1-2-8-14(13)18-11-5-6-12-18/h1-2,7-8H,3-6,9-12H2,(H,17,19)(H,20,21). The smallest absolute Gasteiger partial charge is 0.303 e. The molecule has 0 saturated carbocycles. The number of rotatable bonds is 7. The molecule has 1 saturated heterocycles. The molecule has 5 nitrogen and oxygen atoms in total. The van der Waals surface area contributed by atoms with Crippen LogP contribution >= 0.6 is 0 Å². The number of hydrogen-bond donors (Lipinski definition) is 2. The first-order chi connectivity index (χ1) is 10.2. The number of anilines is 2. The first kappa shape index (κ1) is 15.4. The van der Waals surface area contributed by atoms with Crippen molar-refractivity contribution >= 4 is 23.3 Å². The number of hydrogen-bond acceptors (Lipinski definition) is 3. The van der Waals surface area contributed by atoms with Crippen molar-refractivity contribution in [2.75, 3.05) is 23.3 Å². The first-order valence-corrected chi connectivity index (χ1v) is 7.52. The monoisotopic (exact) mass is 290 g/mol. The minimum absolute atomic E-state index is 0.0490. The van der Waals surface area contributed by atoms with Gasteiger partial charge in [-0.1, -0.05) is 12.1 Å². The first-order valence-electron chi connectivity index (χ1n) is 7.52. The molecule has 1 heterocycles. The van der Waals surface area contributed by atoms with Gasteiger partial charge in [-0.25, -0.2) is 0 Å². The summed E-state index contributed by atoms with van der Waals surface area (Å²) in [4.78, 5) is 24.7. The van der Waals surface area contributed by atoms with Crippen molar-refractivity contribution in [3.05, 3.63) is 24.3 Å². The maximum atomic E-state index is 11.9. The number of carboxylic acids is 1. The lowest BCUT2D eigenvalue weighted by Gasteiger charge is -2.21. The highest BCUT2D eigenvalue weighted by Crippen LogP contribution is 2.28. The van der Waals surface area contributed by atoms with Crippen LogP contribution in [0.2, 0.25) is 0 Å². The second-order valence-electron chi connectivity index (χ2n) is 5.36. The Morgan fingerprint density at radius 3 is 2.48 bits per heavy atom. The van der Waals surface area contributed by atoms with Crippen LogP contribution in [0.4, 0.5) is 11.4 Å². The fourth-order valence-corrected chi connectivity index (χ4v) is 2.59. The van der Waals surface area contributed by atoms with Crippen molar-refractivity contribution in [2.45, 2.75) is 38.5 Å². The van der Waals surface area contributed by atoms with Crippen molar-refractivity contribution in [3.63, 3.8) is 0 Å². The van der Waals surface area contributed by atoms with Gasteiger partial charge in [0.2, 0.25) is 5.91 Å². The van der Waals surface area contributed by atoms with E-state index in [-0.39, 0.29) is 12.3 Å². The van der Waals surface area contributed by atoms with E-state index in [1.165, 1.54) is 12.8 Å². The van der Waals surface area contributed by atoms with Crippen LogP contribution in [0, 0.1) is 0 Å². The highest BCUT2D eigenvalue weighted by Gasteiger charge is 2.16. The molecule has 2 rings (SSSR count). The largest absolute Gasteiger partial charge is 0.481 e. The van der Waals surface area contributed by atoms with Crippen LogP contribution < -0.4 is 10.2 Å². The van der Waals surface area contributed by atoms with E-state index in [0.717, 1.165) is 24.5 Å². The molecule has 1 aromatic carbocycles. The Morgan fingerprint density at radius 1 is 1.10 bits per heavy atom. The summed E-state index contributed by atoms with van der Waals surface area (Å²) in [6.45, 7) is 2.07. The number of para-hydroxylation sites is 2. The van der Waals surface area contributed by atoms with Crippen molar-refractivity contribution < 1.29 is 14.7 Å². The van der Waals surface area contributed by atoms with Crippen molar-refractivity contribution in [2.24, 2.45) is 0 Å². The lowest BCUT2D eigenvalue weighted by molar-refractivity contribution is -0.137. The summed E-state index contributed by atoms with van der Waals surface area (Å²) in [7, 11) is 0. The molecule has 0 aromatic heterocycles. The zero-order chi connectivity index (χ0) is 15.1. The van der Waals surface area contributed by atoms with Crippen LogP contribution in [0.1, 0.15) is 38.5 Å². The highest BCUT2D eigenvalue weighted by molar-refractivity contribution is 5.94. The zero-order valence-corrected chi connectivity index (χ0v) is 12.2. The van der Waals surface area contributed by atoms with E-state index in [0.29, 0.717) is 19.3 Å². The summed E-state index contributed by atoms with van der Waals surface area (Å²) >= 11 is 0. The van der Waals surface area contributed by atoms with Crippen molar-refractivity contribution in [1.82, 2.24) is 0 Å². The number of carboxylic acid groups (broad SMARTS) is 1. The average molecular weight is 290 g/mol. The number of nitrogens with zero attached hydrogens (tertiary/aromatic N) is 1. The normalized spacial score (nSPS) is 14.2. The molecule has 0 spiro atoms. The molecule has 0 aliphatic carbocycles. The molecular formula is C16H22N2O3. The van der Waals surface area contributed by atoms with E-state index in [1.54, 1.807) is 0 Å². The summed E-state index contributed by atoms with van der Waals surface area (Å²) in [5.41, 5.74) is 1.93. The van der Waals surface area contributed by atoms with Gasteiger partial charge in [0, 0.05) is 25.9 Å². The third-order valence-corrected chi connectivity index (χ3v) is 3.67. The van der Waals surface area contributed by atoms with Gasteiger partial charge in [-0.05, 0) is 37.8 Å². The Labute approximate surface area is 125 Å². The van der Waals surface area contributed by atoms with Crippen LogP contribution in [0.25, 0.3) is 0 Å². The molecule has 0 radical (unpaired) electrons. The molecule has 2 N–H and O–H groups in total. The molecule has 5 heteroatoms. The van der Waals surface area contributed by atoms with E-state index < -0.39 is 5.97 Å². The molecular weight excluding hydrogens is 268 g/mol. The van der Waals surface area contributed by atoms with Crippen molar-refractivity contribution in [1.29, 1.82) is 0 Å². The summed E-state index contributed by atoms with van der Waals surface area (Å²) < 4.78 is 0. The molecule has 1 aliphatic heterocycles. The lowest BCUT2D eigenvalue weighted by atomic mass is 10.2. The van der Waals surface area contributed by atoms with Gasteiger partial charge < -0.3 is 15.3 Å². The van der Waals surface area contributed by atoms with Crippen molar-refractivity contribution in [3.8, 4) is 0 Å². The summed E-state index contributed by atoms with van der Waals surface area (Å²) in [6, 6.07) is 7.85. The lowest BCUT2D eigenvalue weighted by Crippen LogP contribution is -2.21. The van der Waals surface area contributed by atoms with Gasteiger partial charge in [0.1, 0.15) is 0 Å². The van der Waals surface area contributed by atoms with Gasteiger partial charge in [-0.15, -0.1) is 0 Å². The fourth-order valence-electron chi connectivity index (χ4n) is 2.59. The molecule has 0 atom stereocenters. The van der Waals surface area contributed by atoms with E-state index in [2.05, 4.69) is 10.2 Å². The number of nitrogens with one attached hydrogen (secondary N) is 1. The molecule has 1 aromatic rings. The summed E-state index contributed by atoms with van der Waals surface area (Å²) in [5, 5.41) is 11.5. The second kappa shape index (κ2) is 7.67. The Morgan fingerprint density at radius 2 is 1.76 bits per heavy atom. The van der Waals surface area contributed by atoms with Crippen LogP contribution in [0.5, 0.6) is 0 Å². The highest BCUT2D eigenvalue weighted by atomic mass is 16.4. The molecule has 114 valence electrons. The topological polar surface area (TPSA) is 69.6 Å². The van der Waals surface area contributed by atoms with Crippen LogP contribution in [-0.4, -0.2) is 30.1 Å². The van der Waals surface area contributed by atoms with Crippen LogP contribution in [-0.2, 0) is 9.59 Å². The van der Waals surface area contributed by atoms with Gasteiger partial charge in [-0.3, -0.25) is 9.59 Å². The molecule has 1 aliphatic rings. The number of benzene rings is 1. The molecule has 0 bridgehead atoms. The minimum Gasteiger partial charge on any atom is -0.481 e. The Hall–Kier alpha value is -2.04. The predicted octanol–water partition coefficient (Wildman–Crippen LogP) is 2.87. The minimum atomic E-state index is -0.810. The average Bonchev–Trinajstić information content (AvgIpc) is 2.98. The molecule has 1 fully saturated rings. The molecule has 0 unspecified atom stereocenters.